The lowest BCUT2D eigenvalue weighted by Crippen LogP contribution is -2.16. The number of benzene rings is 2. The quantitative estimate of drug-likeness (QED) is 0.630. The standard InChI is InChI=1S/C21H21NO7/c1-11-19(14-8-12(25-2)6-7-16(14)29-11)20(23)22-15-10-18(27-4)17(26-3)9-13(15)21(24)28-5/h6-10H,1-5H3,(H,22,23). The number of carbonyl (C=O) groups is 2. The number of fused-ring (bicyclic) bond motifs is 1. The Kier molecular flexibility index (Phi) is 5.63. The summed E-state index contributed by atoms with van der Waals surface area (Å²) in [7, 11) is 5.71. The molecular formula is C21H21NO7. The Morgan fingerprint density at radius 3 is 2.24 bits per heavy atom. The van der Waals surface area contributed by atoms with Gasteiger partial charge in [0.25, 0.3) is 5.91 Å². The van der Waals surface area contributed by atoms with Crippen molar-refractivity contribution in [1.82, 2.24) is 0 Å². The molecule has 1 amide bonds. The van der Waals surface area contributed by atoms with E-state index < -0.39 is 11.9 Å². The van der Waals surface area contributed by atoms with Gasteiger partial charge < -0.3 is 28.7 Å². The van der Waals surface area contributed by atoms with Gasteiger partial charge >= 0.3 is 5.97 Å². The second-order valence-electron chi connectivity index (χ2n) is 6.09. The third-order valence-electron chi connectivity index (χ3n) is 4.48. The highest BCUT2D eigenvalue weighted by molar-refractivity contribution is 6.15. The number of hydrogen-bond acceptors (Lipinski definition) is 7. The summed E-state index contributed by atoms with van der Waals surface area (Å²) in [6.07, 6.45) is 0. The second kappa shape index (κ2) is 8.14. The van der Waals surface area contributed by atoms with Crippen LogP contribution < -0.4 is 19.5 Å². The van der Waals surface area contributed by atoms with Crippen LogP contribution in [0, 0.1) is 6.92 Å². The lowest BCUT2D eigenvalue weighted by molar-refractivity contribution is 0.0601. The van der Waals surface area contributed by atoms with E-state index >= 15 is 0 Å². The Morgan fingerprint density at radius 2 is 1.62 bits per heavy atom. The maximum absolute atomic E-state index is 13.1. The second-order valence-corrected chi connectivity index (χ2v) is 6.09. The van der Waals surface area contributed by atoms with Crippen LogP contribution in [0.5, 0.6) is 17.2 Å². The summed E-state index contributed by atoms with van der Waals surface area (Å²) in [5, 5.41) is 3.35. The van der Waals surface area contributed by atoms with Gasteiger partial charge in [-0.15, -0.1) is 0 Å². The van der Waals surface area contributed by atoms with Crippen LogP contribution in [0.4, 0.5) is 5.69 Å². The van der Waals surface area contributed by atoms with Gasteiger partial charge in [-0.2, -0.15) is 0 Å². The van der Waals surface area contributed by atoms with Crippen molar-refractivity contribution in [2.24, 2.45) is 0 Å². The van der Waals surface area contributed by atoms with E-state index in [1.165, 1.54) is 33.5 Å². The number of nitrogens with one attached hydrogen (secondary N) is 1. The lowest BCUT2D eigenvalue weighted by Gasteiger charge is -2.14. The third-order valence-corrected chi connectivity index (χ3v) is 4.48. The van der Waals surface area contributed by atoms with E-state index in [-0.39, 0.29) is 11.3 Å². The van der Waals surface area contributed by atoms with Crippen LogP contribution in [0.15, 0.2) is 34.7 Å². The summed E-state index contributed by atoms with van der Waals surface area (Å²) >= 11 is 0. The summed E-state index contributed by atoms with van der Waals surface area (Å²) < 4.78 is 26.3. The van der Waals surface area contributed by atoms with Crippen LogP contribution >= 0.6 is 0 Å². The van der Waals surface area contributed by atoms with Crippen LogP contribution in [-0.2, 0) is 4.74 Å². The Morgan fingerprint density at radius 1 is 0.931 bits per heavy atom. The number of aryl methyl sites for hydroxylation is 1. The molecule has 0 saturated heterocycles. The van der Waals surface area contributed by atoms with E-state index in [4.69, 9.17) is 23.4 Å². The van der Waals surface area contributed by atoms with Crippen molar-refractivity contribution in [3.8, 4) is 17.2 Å². The van der Waals surface area contributed by atoms with Crippen molar-refractivity contribution in [2.75, 3.05) is 33.8 Å². The van der Waals surface area contributed by atoms with E-state index in [9.17, 15) is 9.59 Å². The molecule has 0 radical (unpaired) electrons. The Balaban J connectivity index is 2.08. The average molecular weight is 399 g/mol. The first kappa shape index (κ1) is 20.1. The topological polar surface area (TPSA) is 96.2 Å². The Bertz CT molecular complexity index is 1080. The highest BCUT2D eigenvalue weighted by Gasteiger charge is 2.23. The van der Waals surface area contributed by atoms with Crippen LogP contribution in [0.2, 0.25) is 0 Å². The number of carbonyl (C=O) groups excluding carboxylic acids is 2. The zero-order chi connectivity index (χ0) is 21.1. The normalized spacial score (nSPS) is 10.5. The van der Waals surface area contributed by atoms with Gasteiger partial charge in [0.1, 0.15) is 17.1 Å². The number of ether oxygens (including phenoxy) is 4. The molecule has 0 saturated carbocycles. The van der Waals surface area contributed by atoms with Crippen molar-refractivity contribution < 1.29 is 33.0 Å². The summed E-state index contributed by atoms with van der Waals surface area (Å²) in [5.41, 5.74) is 1.23. The number of methoxy groups -OCH3 is 4. The van der Waals surface area contributed by atoms with Crippen LogP contribution in [0.1, 0.15) is 26.5 Å². The fourth-order valence-electron chi connectivity index (χ4n) is 3.05. The smallest absolute Gasteiger partial charge is 0.340 e. The minimum absolute atomic E-state index is 0.126. The molecule has 2 aromatic carbocycles. The molecule has 0 atom stereocenters. The average Bonchev–Trinajstić information content (AvgIpc) is 3.07. The maximum atomic E-state index is 13.1. The zero-order valence-corrected chi connectivity index (χ0v) is 16.7. The van der Waals surface area contributed by atoms with Crippen LogP contribution in [-0.4, -0.2) is 40.3 Å². The molecule has 0 fully saturated rings. The summed E-state index contributed by atoms with van der Waals surface area (Å²) in [5.74, 6) is 0.634. The summed E-state index contributed by atoms with van der Waals surface area (Å²) in [6.45, 7) is 1.69. The molecule has 0 aliphatic rings. The molecular weight excluding hydrogens is 378 g/mol. The minimum atomic E-state index is -0.628. The highest BCUT2D eigenvalue weighted by Crippen LogP contribution is 2.35. The highest BCUT2D eigenvalue weighted by atomic mass is 16.5. The van der Waals surface area contributed by atoms with Gasteiger partial charge in [-0.3, -0.25) is 4.79 Å². The van der Waals surface area contributed by atoms with Crippen LogP contribution in [0.3, 0.4) is 0 Å². The van der Waals surface area contributed by atoms with E-state index in [1.54, 1.807) is 32.2 Å². The van der Waals surface area contributed by atoms with Gasteiger partial charge in [0.2, 0.25) is 0 Å². The molecule has 0 aliphatic heterocycles. The Labute approximate surface area is 167 Å². The van der Waals surface area contributed by atoms with E-state index in [0.29, 0.717) is 39.5 Å². The van der Waals surface area contributed by atoms with E-state index in [1.807, 2.05) is 0 Å². The monoisotopic (exact) mass is 399 g/mol. The lowest BCUT2D eigenvalue weighted by atomic mass is 10.1. The van der Waals surface area contributed by atoms with Gasteiger partial charge in [0.05, 0.1) is 45.3 Å². The predicted octanol–water partition coefficient (Wildman–Crippen LogP) is 3.81. The molecule has 1 N–H and O–H groups in total. The molecule has 0 aliphatic carbocycles. The van der Waals surface area contributed by atoms with Gasteiger partial charge in [-0.25, -0.2) is 4.79 Å². The van der Waals surface area contributed by atoms with Crippen molar-refractivity contribution in [1.29, 1.82) is 0 Å². The van der Waals surface area contributed by atoms with Crippen molar-refractivity contribution in [3.05, 3.63) is 47.2 Å². The largest absolute Gasteiger partial charge is 0.497 e. The number of hydrogen-bond donors (Lipinski definition) is 1. The molecule has 8 heteroatoms. The fourth-order valence-corrected chi connectivity index (χ4v) is 3.05. The maximum Gasteiger partial charge on any atom is 0.340 e. The predicted molar refractivity (Wildman–Crippen MR) is 106 cm³/mol. The van der Waals surface area contributed by atoms with Gasteiger partial charge in [0.15, 0.2) is 11.5 Å². The van der Waals surface area contributed by atoms with Gasteiger partial charge in [-0.05, 0) is 25.1 Å². The molecule has 1 aromatic heterocycles. The van der Waals surface area contributed by atoms with Gasteiger partial charge in [-0.1, -0.05) is 0 Å². The number of rotatable bonds is 6. The molecule has 3 aromatic rings. The molecule has 8 nitrogen and oxygen atoms in total. The number of esters is 1. The summed E-state index contributed by atoms with van der Waals surface area (Å²) in [4.78, 5) is 25.3. The fraction of sp³-hybridized carbons (Fsp3) is 0.238. The number of amides is 1. The van der Waals surface area contributed by atoms with E-state index in [2.05, 4.69) is 5.32 Å². The zero-order valence-electron chi connectivity index (χ0n) is 16.7. The molecule has 0 unspecified atom stereocenters. The first-order chi connectivity index (χ1) is 13.9. The SMILES string of the molecule is COC(=O)c1cc(OC)c(OC)cc1NC(=O)c1c(C)oc2ccc(OC)cc12. The minimum Gasteiger partial charge on any atom is -0.497 e. The van der Waals surface area contributed by atoms with Gasteiger partial charge in [0, 0.05) is 17.5 Å². The molecule has 1 heterocycles. The molecule has 29 heavy (non-hydrogen) atoms. The molecule has 3 rings (SSSR count). The first-order valence-corrected chi connectivity index (χ1v) is 8.66. The van der Waals surface area contributed by atoms with Crippen molar-refractivity contribution in [3.63, 3.8) is 0 Å². The molecule has 152 valence electrons. The molecule has 0 bridgehead atoms. The molecule has 0 spiro atoms. The van der Waals surface area contributed by atoms with Crippen molar-refractivity contribution >= 4 is 28.5 Å². The first-order valence-electron chi connectivity index (χ1n) is 8.66. The summed E-state index contributed by atoms with van der Waals surface area (Å²) in [6, 6.07) is 8.15. The van der Waals surface area contributed by atoms with E-state index in [0.717, 1.165) is 0 Å². The third kappa shape index (κ3) is 3.69. The van der Waals surface area contributed by atoms with Crippen molar-refractivity contribution in [2.45, 2.75) is 6.92 Å². The van der Waals surface area contributed by atoms with Crippen LogP contribution in [0.25, 0.3) is 11.0 Å². The number of furan rings is 1. The Hall–Kier alpha value is -3.68. The number of anilines is 1.